The summed E-state index contributed by atoms with van der Waals surface area (Å²) in [6.45, 7) is 2.59. The average molecular weight is 409 g/mol. The summed E-state index contributed by atoms with van der Waals surface area (Å²) in [5, 5.41) is 13.3. The highest BCUT2D eigenvalue weighted by Gasteiger charge is 2.20. The number of aryl methyl sites for hydroxylation is 2. The number of benzene rings is 1. The molecule has 0 aliphatic carbocycles. The number of nitrogens with zero attached hydrogens (tertiary/aromatic N) is 2. The van der Waals surface area contributed by atoms with Gasteiger partial charge in [0.1, 0.15) is 5.75 Å². The van der Waals surface area contributed by atoms with E-state index in [-0.39, 0.29) is 19.1 Å². The van der Waals surface area contributed by atoms with E-state index in [0.29, 0.717) is 36.1 Å². The van der Waals surface area contributed by atoms with Crippen LogP contribution in [-0.2, 0) is 13.0 Å². The van der Waals surface area contributed by atoms with Crippen molar-refractivity contribution in [1.29, 1.82) is 0 Å². The summed E-state index contributed by atoms with van der Waals surface area (Å²) in [6, 6.07) is 3.03. The third-order valence-electron chi connectivity index (χ3n) is 4.37. The number of halogens is 2. The zero-order valence-corrected chi connectivity index (χ0v) is 16.4. The molecule has 0 saturated heterocycles. The van der Waals surface area contributed by atoms with Crippen LogP contribution in [0.15, 0.2) is 23.3 Å². The van der Waals surface area contributed by atoms with Gasteiger partial charge in [-0.2, -0.15) is 13.9 Å². The summed E-state index contributed by atoms with van der Waals surface area (Å²) in [6.07, 6.45) is 3.62. The van der Waals surface area contributed by atoms with Gasteiger partial charge in [0, 0.05) is 30.4 Å². The fourth-order valence-electron chi connectivity index (χ4n) is 2.91. The molecule has 0 spiro atoms. The molecule has 2 aromatic rings. The highest BCUT2D eigenvalue weighted by molar-refractivity contribution is 5.79. The molecule has 0 atom stereocenters. The molecule has 1 aliphatic rings. The largest absolute Gasteiger partial charge is 0.454 e. The van der Waals surface area contributed by atoms with Crippen LogP contribution in [0.2, 0.25) is 0 Å². The lowest BCUT2D eigenvalue weighted by Crippen LogP contribution is -2.37. The van der Waals surface area contributed by atoms with Gasteiger partial charge in [-0.05, 0) is 38.3 Å². The van der Waals surface area contributed by atoms with Gasteiger partial charge in [-0.15, -0.1) is 0 Å². The van der Waals surface area contributed by atoms with Crippen LogP contribution < -0.4 is 24.8 Å². The smallest absolute Gasteiger partial charge is 0.387 e. The van der Waals surface area contributed by atoms with E-state index in [2.05, 4.69) is 30.6 Å². The van der Waals surface area contributed by atoms with Crippen LogP contribution in [-0.4, -0.2) is 42.7 Å². The SMILES string of the molecule is CCNC(=NCc1cc2c(cc1OC(F)F)OCO2)NCCCc1cn[nH]c1C. The molecule has 29 heavy (non-hydrogen) atoms. The summed E-state index contributed by atoms with van der Waals surface area (Å²) < 4.78 is 40.7. The first-order valence-electron chi connectivity index (χ1n) is 9.45. The maximum absolute atomic E-state index is 12.8. The van der Waals surface area contributed by atoms with Gasteiger partial charge in [0.2, 0.25) is 6.79 Å². The molecule has 0 radical (unpaired) electrons. The van der Waals surface area contributed by atoms with E-state index in [1.165, 1.54) is 11.6 Å². The predicted molar refractivity (Wildman–Crippen MR) is 104 cm³/mol. The van der Waals surface area contributed by atoms with E-state index in [1.807, 2.05) is 20.0 Å². The topological polar surface area (TPSA) is 92.8 Å². The van der Waals surface area contributed by atoms with Crippen LogP contribution in [0.1, 0.15) is 30.2 Å². The van der Waals surface area contributed by atoms with Gasteiger partial charge < -0.3 is 24.8 Å². The molecule has 10 heteroatoms. The summed E-state index contributed by atoms with van der Waals surface area (Å²) in [5.41, 5.74) is 2.74. The van der Waals surface area contributed by atoms with Gasteiger partial charge in [0.05, 0.1) is 12.7 Å². The van der Waals surface area contributed by atoms with Crippen molar-refractivity contribution >= 4 is 5.96 Å². The number of alkyl halides is 2. The Morgan fingerprint density at radius 3 is 2.76 bits per heavy atom. The first kappa shape index (κ1) is 20.7. The second-order valence-corrected chi connectivity index (χ2v) is 6.44. The molecule has 0 fully saturated rings. The summed E-state index contributed by atoms with van der Waals surface area (Å²) in [4.78, 5) is 4.48. The molecule has 3 N–H and O–H groups in total. The van der Waals surface area contributed by atoms with E-state index in [0.717, 1.165) is 18.5 Å². The zero-order valence-electron chi connectivity index (χ0n) is 16.4. The van der Waals surface area contributed by atoms with Gasteiger partial charge in [0.15, 0.2) is 17.5 Å². The number of H-pyrrole nitrogens is 1. The quantitative estimate of drug-likeness (QED) is 0.335. The van der Waals surface area contributed by atoms with Crippen molar-refractivity contribution in [3.05, 3.63) is 35.2 Å². The van der Waals surface area contributed by atoms with E-state index in [9.17, 15) is 8.78 Å². The number of guanidine groups is 1. The normalized spacial score (nSPS) is 13.1. The van der Waals surface area contributed by atoms with Crippen LogP contribution in [0.4, 0.5) is 8.78 Å². The summed E-state index contributed by atoms with van der Waals surface area (Å²) >= 11 is 0. The first-order chi connectivity index (χ1) is 14.1. The van der Waals surface area contributed by atoms with Gasteiger partial charge in [-0.1, -0.05) is 0 Å². The first-order valence-corrected chi connectivity index (χ1v) is 9.45. The van der Waals surface area contributed by atoms with Crippen molar-refractivity contribution in [3.63, 3.8) is 0 Å². The van der Waals surface area contributed by atoms with Gasteiger partial charge in [0.25, 0.3) is 0 Å². The Balaban J connectivity index is 1.62. The molecule has 1 aromatic carbocycles. The molecule has 0 unspecified atom stereocenters. The van der Waals surface area contributed by atoms with Crippen molar-refractivity contribution < 1.29 is 23.0 Å². The minimum atomic E-state index is -2.93. The Kier molecular flexibility index (Phi) is 7.09. The van der Waals surface area contributed by atoms with Crippen molar-refractivity contribution in [2.75, 3.05) is 19.9 Å². The van der Waals surface area contributed by atoms with Crippen molar-refractivity contribution in [3.8, 4) is 17.2 Å². The molecule has 0 amide bonds. The van der Waals surface area contributed by atoms with Gasteiger partial charge in [-0.25, -0.2) is 4.99 Å². The van der Waals surface area contributed by atoms with Crippen LogP contribution in [0.3, 0.4) is 0 Å². The number of ether oxygens (including phenoxy) is 3. The average Bonchev–Trinajstić information content (AvgIpc) is 3.30. The van der Waals surface area contributed by atoms with Crippen LogP contribution >= 0.6 is 0 Å². The molecule has 2 heterocycles. The number of aromatic nitrogens is 2. The van der Waals surface area contributed by atoms with E-state index >= 15 is 0 Å². The molecule has 158 valence electrons. The number of hydrogen-bond acceptors (Lipinski definition) is 5. The van der Waals surface area contributed by atoms with E-state index in [1.54, 1.807) is 6.07 Å². The van der Waals surface area contributed by atoms with Crippen molar-refractivity contribution in [1.82, 2.24) is 20.8 Å². The number of aromatic amines is 1. The van der Waals surface area contributed by atoms with Gasteiger partial charge >= 0.3 is 6.61 Å². The van der Waals surface area contributed by atoms with E-state index in [4.69, 9.17) is 9.47 Å². The van der Waals surface area contributed by atoms with Crippen molar-refractivity contribution in [2.24, 2.45) is 4.99 Å². The van der Waals surface area contributed by atoms with Crippen molar-refractivity contribution in [2.45, 2.75) is 39.8 Å². The Hall–Kier alpha value is -3.04. The molecular formula is C19H25F2N5O3. The second kappa shape index (κ2) is 9.94. The standard InChI is InChI=1S/C19H25F2N5O3/c1-3-22-19(23-6-4-5-13-10-25-26-12(13)2)24-9-14-7-16-17(28-11-27-16)8-15(14)29-18(20)21/h7-8,10,18H,3-6,9,11H2,1-2H3,(H,25,26)(H2,22,23,24). The number of rotatable bonds is 9. The van der Waals surface area contributed by atoms with Crippen LogP contribution in [0.25, 0.3) is 0 Å². The molecule has 3 rings (SSSR count). The fraction of sp³-hybridized carbons (Fsp3) is 0.474. The fourth-order valence-corrected chi connectivity index (χ4v) is 2.91. The number of aliphatic imine (C=N–C) groups is 1. The summed E-state index contributed by atoms with van der Waals surface area (Å²) in [5.74, 6) is 1.49. The molecule has 8 nitrogen and oxygen atoms in total. The lowest BCUT2D eigenvalue weighted by Gasteiger charge is -2.13. The molecule has 1 aliphatic heterocycles. The second-order valence-electron chi connectivity index (χ2n) is 6.44. The minimum Gasteiger partial charge on any atom is -0.454 e. The zero-order chi connectivity index (χ0) is 20.6. The summed E-state index contributed by atoms with van der Waals surface area (Å²) in [7, 11) is 0. The Labute approximate surface area is 167 Å². The maximum atomic E-state index is 12.8. The van der Waals surface area contributed by atoms with Gasteiger partial charge in [-0.3, -0.25) is 5.10 Å². The van der Waals surface area contributed by atoms with E-state index < -0.39 is 6.61 Å². The minimum absolute atomic E-state index is 0.0271. The van der Waals surface area contributed by atoms with Crippen LogP contribution in [0.5, 0.6) is 17.2 Å². The monoisotopic (exact) mass is 409 g/mol. The third kappa shape index (κ3) is 5.72. The number of fused-ring (bicyclic) bond motifs is 1. The predicted octanol–water partition coefficient (Wildman–Crippen LogP) is 2.74. The lowest BCUT2D eigenvalue weighted by atomic mass is 10.1. The third-order valence-corrected chi connectivity index (χ3v) is 4.37. The lowest BCUT2D eigenvalue weighted by molar-refractivity contribution is -0.0505. The molecule has 0 saturated carbocycles. The Morgan fingerprint density at radius 1 is 1.28 bits per heavy atom. The van der Waals surface area contributed by atoms with Crippen LogP contribution in [0, 0.1) is 6.92 Å². The molecular weight excluding hydrogens is 384 g/mol. The molecule has 0 bridgehead atoms. The number of nitrogens with one attached hydrogen (secondary N) is 3. The molecule has 1 aromatic heterocycles. The highest BCUT2D eigenvalue weighted by Crippen LogP contribution is 2.39. The Bertz CT molecular complexity index is 841. The Morgan fingerprint density at radius 2 is 2.07 bits per heavy atom. The maximum Gasteiger partial charge on any atom is 0.387 e. The highest BCUT2D eigenvalue weighted by atomic mass is 19.3. The number of hydrogen-bond donors (Lipinski definition) is 3.